The maximum Gasteiger partial charge on any atom is 0.340 e. The lowest BCUT2D eigenvalue weighted by molar-refractivity contribution is 0.0526. The molecule has 2 rings (SSSR count). The number of carbonyl (C=O) groups is 1. The molecule has 0 saturated heterocycles. The van der Waals surface area contributed by atoms with E-state index in [0.717, 1.165) is 12.0 Å². The van der Waals surface area contributed by atoms with Gasteiger partial charge < -0.3 is 15.2 Å². The van der Waals surface area contributed by atoms with Crippen LogP contribution in [0, 0.1) is 0 Å². The largest absolute Gasteiger partial charge is 0.485 e. The van der Waals surface area contributed by atoms with Crippen molar-refractivity contribution in [2.45, 2.75) is 32.8 Å². The molecule has 1 aromatic rings. The van der Waals surface area contributed by atoms with Crippen molar-refractivity contribution in [3.63, 3.8) is 0 Å². The zero-order valence-corrected chi connectivity index (χ0v) is 10.4. The fourth-order valence-electron chi connectivity index (χ4n) is 2.06. The highest BCUT2D eigenvalue weighted by Gasteiger charge is 2.33. The van der Waals surface area contributed by atoms with E-state index in [-0.39, 0.29) is 5.60 Å². The molecule has 0 amide bonds. The number of rotatable bonds is 2. The number of hydrogen-bond donors (Lipinski definition) is 1. The third-order valence-corrected chi connectivity index (χ3v) is 2.77. The Hall–Kier alpha value is -1.71. The molecule has 92 valence electrons. The third-order valence-electron chi connectivity index (χ3n) is 2.77. The Morgan fingerprint density at radius 3 is 2.88 bits per heavy atom. The van der Waals surface area contributed by atoms with E-state index in [1.165, 1.54) is 0 Å². The summed E-state index contributed by atoms with van der Waals surface area (Å²) in [7, 11) is 0. The molecule has 4 nitrogen and oxygen atoms in total. The number of hydrogen-bond acceptors (Lipinski definition) is 4. The van der Waals surface area contributed by atoms with Crippen LogP contribution in [0.2, 0.25) is 0 Å². The first-order valence-corrected chi connectivity index (χ1v) is 5.72. The van der Waals surface area contributed by atoms with Crippen LogP contribution >= 0.6 is 0 Å². The van der Waals surface area contributed by atoms with Crippen molar-refractivity contribution in [1.82, 2.24) is 0 Å². The van der Waals surface area contributed by atoms with Crippen molar-refractivity contribution >= 4 is 11.7 Å². The quantitative estimate of drug-likeness (QED) is 0.630. The molecule has 0 unspecified atom stereocenters. The van der Waals surface area contributed by atoms with Crippen LogP contribution in [0.4, 0.5) is 5.69 Å². The summed E-state index contributed by atoms with van der Waals surface area (Å²) in [6, 6.07) is 3.59. The van der Waals surface area contributed by atoms with Gasteiger partial charge in [0.25, 0.3) is 0 Å². The Balaban J connectivity index is 2.39. The molecule has 17 heavy (non-hydrogen) atoms. The summed E-state index contributed by atoms with van der Waals surface area (Å²) in [6.07, 6.45) is 0.801. The van der Waals surface area contributed by atoms with E-state index >= 15 is 0 Å². The summed E-state index contributed by atoms with van der Waals surface area (Å²) in [5.41, 5.74) is 7.50. The van der Waals surface area contributed by atoms with Crippen LogP contribution in [-0.4, -0.2) is 18.2 Å². The number of nitrogen functional groups attached to an aromatic ring is 1. The van der Waals surface area contributed by atoms with Gasteiger partial charge in [0.1, 0.15) is 11.4 Å². The molecule has 0 fully saturated rings. The van der Waals surface area contributed by atoms with Gasteiger partial charge in [0.2, 0.25) is 0 Å². The SMILES string of the molecule is CCOC(=O)c1ccc2c(c1N)OC(C)(C)C2. The molecule has 0 atom stereocenters. The summed E-state index contributed by atoms with van der Waals surface area (Å²) in [5.74, 6) is 0.224. The smallest absolute Gasteiger partial charge is 0.340 e. The van der Waals surface area contributed by atoms with Gasteiger partial charge >= 0.3 is 5.97 Å². The molecule has 2 N–H and O–H groups in total. The first-order chi connectivity index (χ1) is 7.94. The number of nitrogens with two attached hydrogens (primary N) is 1. The van der Waals surface area contributed by atoms with Crippen molar-refractivity contribution in [3.05, 3.63) is 23.3 Å². The van der Waals surface area contributed by atoms with E-state index in [1.807, 2.05) is 19.9 Å². The van der Waals surface area contributed by atoms with Crippen LogP contribution in [0.3, 0.4) is 0 Å². The van der Waals surface area contributed by atoms with Crippen LogP contribution < -0.4 is 10.5 Å². The predicted molar refractivity (Wildman–Crippen MR) is 65.2 cm³/mol. The van der Waals surface area contributed by atoms with Gasteiger partial charge in [-0.15, -0.1) is 0 Å². The number of carbonyl (C=O) groups excluding carboxylic acids is 1. The van der Waals surface area contributed by atoms with Crippen molar-refractivity contribution < 1.29 is 14.3 Å². The molecule has 1 aromatic carbocycles. The predicted octanol–water partition coefficient (Wildman–Crippen LogP) is 2.16. The zero-order chi connectivity index (χ0) is 12.6. The Labute approximate surface area is 101 Å². The highest BCUT2D eigenvalue weighted by molar-refractivity contribution is 5.97. The minimum absolute atomic E-state index is 0.260. The highest BCUT2D eigenvalue weighted by atomic mass is 16.5. The molecule has 0 saturated carbocycles. The first-order valence-electron chi connectivity index (χ1n) is 5.72. The molecule has 0 spiro atoms. The maximum absolute atomic E-state index is 11.7. The number of benzene rings is 1. The number of ether oxygens (including phenoxy) is 2. The summed E-state index contributed by atoms with van der Waals surface area (Å²) in [6.45, 7) is 6.09. The zero-order valence-electron chi connectivity index (χ0n) is 10.4. The van der Waals surface area contributed by atoms with Gasteiger partial charge in [0, 0.05) is 12.0 Å². The normalized spacial score (nSPS) is 16.2. The minimum atomic E-state index is -0.402. The summed E-state index contributed by atoms with van der Waals surface area (Å²) < 4.78 is 10.7. The lowest BCUT2D eigenvalue weighted by atomic mass is 10.00. The second-order valence-electron chi connectivity index (χ2n) is 4.77. The maximum atomic E-state index is 11.7. The van der Waals surface area contributed by atoms with Gasteiger partial charge in [-0.1, -0.05) is 6.07 Å². The molecule has 0 bridgehead atoms. The molecular weight excluding hydrogens is 218 g/mol. The second-order valence-corrected chi connectivity index (χ2v) is 4.77. The Morgan fingerprint density at radius 1 is 1.53 bits per heavy atom. The monoisotopic (exact) mass is 235 g/mol. The third kappa shape index (κ3) is 2.07. The molecule has 4 heteroatoms. The van der Waals surface area contributed by atoms with Gasteiger partial charge in [-0.2, -0.15) is 0 Å². The van der Waals surface area contributed by atoms with Crippen LogP contribution in [0.5, 0.6) is 5.75 Å². The molecule has 0 aromatic heterocycles. The Bertz CT molecular complexity index is 466. The number of fused-ring (bicyclic) bond motifs is 1. The van der Waals surface area contributed by atoms with Crippen LogP contribution in [0.1, 0.15) is 36.7 Å². The van der Waals surface area contributed by atoms with E-state index < -0.39 is 5.97 Å². The summed E-state index contributed by atoms with van der Waals surface area (Å²) in [5, 5.41) is 0. The lowest BCUT2D eigenvalue weighted by Crippen LogP contribution is -2.24. The van der Waals surface area contributed by atoms with Gasteiger partial charge in [-0.05, 0) is 26.8 Å². The molecule has 1 aliphatic heterocycles. The average molecular weight is 235 g/mol. The second kappa shape index (κ2) is 3.95. The van der Waals surface area contributed by atoms with E-state index in [1.54, 1.807) is 13.0 Å². The highest BCUT2D eigenvalue weighted by Crippen LogP contribution is 2.40. The Morgan fingerprint density at radius 2 is 2.24 bits per heavy atom. The number of esters is 1. The summed E-state index contributed by atoms with van der Waals surface area (Å²) >= 11 is 0. The fraction of sp³-hybridized carbons (Fsp3) is 0.462. The molecule has 1 aliphatic rings. The minimum Gasteiger partial charge on any atom is -0.485 e. The standard InChI is InChI=1S/C13H17NO3/c1-4-16-12(15)9-6-5-8-7-13(2,3)17-11(8)10(9)14/h5-6H,4,7,14H2,1-3H3. The van der Waals surface area contributed by atoms with Gasteiger partial charge in [-0.25, -0.2) is 4.79 Å². The van der Waals surface area contributed by atoms with Crippen molar-refractivity contribution in [1.29, 1.82) is 0 Å². The topological polar surface area (TPSA) is 61.5 Å². The van der Waals surface area contributed by atoms with Crippen LogP contribution in [0.15, 0.2) is 12.1 Å². The Kier molecular flexibility index (Phi) is 2.73. The molecule has 0 radical (unpaired) electrons. The van der Waals surface area contributed by atoms with Gasteiger partial charge in [-0.3, -0.25) is 0 Å². The molecule has 1 heterocycles. The van der Waals surface area contributed by atoms with E-state index in [9.17, 15) is 4.79 Å². The fourth-order valence-corrected chi connectivity index (χ4v) is 2.06. The van der Waals surface area contributed by atoms with E-state index in [0.29, 0.717) is 23.6 Å². The van der Waals surface area contributed by atoms with Crippen LogP contribution in [0.25, 0.3) is 0 Å². The van der Waals surface area contributed by atoms with E-state index in [2.05, 4.69) is 0 Å². The van der Waals surface area contributed by atoms with Gasteiger partial charge in [0.15, 0.2) is 0 Å². The first kappa shape index (κ1) is 11.8. The van der Waals surface area contributed by atoms with Crippen molar-refractivity contribution in [2.75, 3.05) is 12.3 Å². The van der Waals surface area contributed by atoms with Crippen molar-refractivity contribution in [2.24, 2.45) is 0 Å². The molecule has 0 aliphatic carbocycles. The lowest BCUT2D eigenvalue weighted by Gasteiger charge is -2.17. The van der Waals surface area contributed by atoms with Gasteiger partial charge in [0.05, 0.1) is 17.9 Å². The summed E-state index contributed by atoms with van der Waals surface area (Å²) in [4.78, 5) is 11.7. The molecular formula is C13H17NO3. The number of anilines is 1. The van der Waals surface area contributed by atoms with E-state index in [4.69, 9.17) is 15.2 Å². The van der Waals surface area contributed by atoms with Crippen LogP contribution in [-0.2, 0) is 11.2 Å². The van der Waals surface area contributed by atoms with Crippen molar-refractivity contribution in [3.8, 4) is 5.75 Å². The average Bonchev–Trinajstić information content (AvgIpc) is 2.54.